The Labute approximate surface area is 355 Å². The van der Waals surface area contributed by atoms with Gasteiger partial charge >= 0.3 is 0 Å². The Kier molecular flexibility index (Phi) is 11.3. The maximum atomic E-state index is 6.30. The van der Waals surface area contributed by atoms with Crippen LogP contribution in [-0.2, 0) is 25.5 Å². The third kappa shape index (κ3) is 8.03. The van der Waals surface area contributed by atoms with Crippen molar-refractivity contribution in [1.29, 1.82) is 0 Å². The van der Waals surface area contributed by atoms with Gasteiger partial charge in [0, 0.05) is 48.8 Å². The first-order chi connectivity index (χ1) is 27.3. The van der Waals surface area contributed by atoms with Crippen LogP contribution in [0.15, 0.2) is 126 Å². The van der Waals surface area contributed by atoms with Crippen molar-refractivity contribution < 1.29 is 24.5 Å². The summed E-state index contributed by atoms with van der Waals surface area (Å²) in [5, 5.41) is 3.30. The van der Waals surface area contributed by atoms with E-state index in [1.807, 2.05) is 61.8 Å². The maximum absolute atomic E-state index is 6.30. The van der Waals surface area contributed by atoms with Crippen LogP contribution in [0.3, 0.4) is 0 Å². The van der Waals surface area contributed by atoms with Crippen molar-refractivity contribution in [3.63, 3.8) is 0 Å². The third-order valence-corrected chi connectivity index (χ3v) is 10.8. The monoisotopic (exact) mass is 934 g/mol. The largest absolute Gasteiger partial charge is 0.501 e. The fourth-order valence-corrected chi connectivity index (χ4v) is 7.63. The van der Waals surface area contributed by atoms with Crippen LogP contribution in [0.4, 0.5) is 0 Å². The molecule has 0 saturated carbocycles. The van der Waals surface area contributed by atoms with Crippen LogP contribution in [0.5, 0.6) is 0 Å². The fourth-order valence-electron chi connectivity index (χ4n) is 7.63. The van der Waals surface area contributed by atoms with Gasteiger partial charge in [0.15, 0.2) is 0 Å². The molecule has 58 heavy (non-hydrogen) atoms. The van der Waals surface area contributed by atoms with Crippen LogP contribution in [-0.4, -0.2) is 15.0 Å². The molecule has 4 heterocycles. The van der Waals surface area contributed by atoms with Crippen LogP contribution < -0.4 is 0 Å². The van der Waals surface area contributed by atoms with Gasteiger partial charge in [-0.05, 0) is 120 Å². The molecule has 0 unspecified atom stereocenters. The van der Waals surface area contributed by atoms with E-state index in [1.54, 1.807) is 0 Å². The molecule has 0 N–H and O–H groups in total. The van der Waals surface area contributed by atoms with Crippen molar-refractivity contribution in [3.8, 4) is 44.9 Å². The predicted octanol–water partition coefficient (Wildman–Crippen LogP) is 14.0. The molecule has 9 rings (SSSR count). The van der Waals surface area contributed by atoms with Crippen LogP contribution >= 0.6 is 0 Å². The number of aromatic nitrogens is 3. The Bertz CT molecular complexity index is 2870. The number of nitrogens with zero attached hydrogens (tertiary/aromatic N) is 3. The second kappa shape index (κ2) is 16.3. The van der Waals surface area contributed by atoms with Gasteiger partial charge in [-0.1, -0.05) is 93.2 Å². The number of para-hydroxylation sites is 1. The molecule has 0 aliphatic heterocycles. The Hall–Kier alpha value is -5.74. The first kappa shape index (κ1) is 40.5. The summed E-state index contributed by atoms with van der Waals surface area (Å²) in [6, 6.07) is 44.6. The zero-order chi connectivity index (χ0) is 40.0. The summed E-state index contributed by atoms with van der Waals surface area (Å²) >= 11 is 0. The molecule has 0 spiro atoms. The molecule has 5 heteroatoms. The molecule has 0 amide bonds. The van der Waals surface area contributed by atoms with E-state index in [2.05, 4.69) is 139 Å². The minimum absolute atomic E-state index is 0. The smallest absolute Gasteiger partial charge is 0.120 e. The molecule has 0 saturated heterocycles. The molecule has 9 aromatic rings. The van der Waals surface area contributed by atoms with Gasteiger partial charge in [-0.2, -0.15) is 0 Å². The zero-order valence-electron chi connectivity index (χ0n) is 34.6. The Morgan fingerprint density at radius 3 is 2.00 bits per heavy atom. The van der Waals surface area contributed by atoms with Gasteiger partial charge in [-0.15, -0.1) is 53.6 Å². The summed E-state index contributed by atoms with van der Waals surface area (Å²) in [6.45, 7) is 19.6. The van der Waals surface area contributed by atoms with E-state index in [9.17, 15) is 0 Å². The number of benzene rings is 5. The normalized spacial score (nSPS) is 11.4. The summed E-state index contributed by atoms with van der Waals surface area (Å²) in [4.78, 5) is 14.3. The van der Waals surface area contributed by atoms with E-state index < -0.39 is 0 Å². The van der Waals surface area contributed by atoms with Gasteiger partial charge in [-0.3, -0.25) is 0 Å². The van der Waals surface area contributed by atoms with Crippen molar-refractivity contribution in [1.82, 2.24) is 15.0 Å². The van der Waals surface area contributed by atoms with Crippen molar-refractivity contribution in [2.75, 3.05) is 0 Å². The quantitative estimate of drug-likeness (QED) is 0.165. The number of aryl methyl sites for hydroxylation is 6. The topological polar surface area (TPSA) is 51.8 Å². The molecular weight excluding hydrogens is 887 g/mol. The first-order valence-corrected chi connectivity index (χ1v) is 19.6. The van der Waals surface area contributed by atoms with Crippen molar-refractivity contribution >= 4 is 32.8 Å². The Balaban J connectivity index is 0.000000289. The standard InChI is InChI=1S/C40H35N2O.C13H12N.Ir/c1-23-19-35-27(15-16-34(42-35)38-24(2)17-28(18-25(38)3)40(5,6)7)20-32(23)33-21-36(41-22-26(33)4)31-13-10-12-30-29-11-8-9-14-37(29)43-39(30)31;1-10-3-6-12(7-4-10)13-8-5-11(2)9-14-13;/h8-12,14-22H,1-7H3;3-6,8-9H,1-2H3;/q2*-1;. The van der Waals surface area contributed by atoms with E-state index in [0.717, 1.165) is 72.2 Å². The maximum Gasteiger partial charge on any atom is 0.120 e. The molecule has 1 radical (unpaired) electrons. The SMILES string of the molecule is Cc1c[c-]c(-c2ccc(C)cn2)cc1.Cc1cnc(-c2[c-]ccc3c2oc2ccccc23)cc1-c1cc2ccc(-c3c(C)cc(C(C)(C)C)cc3C)nc2cc1C.[Ir]. The van der Waals surface area contributed by atoms with Crippen molar-refractivity contribution in [2.24, 2.45) is 0 Å². The average molecular weight is 934 g/mol. The van der Waals surface area contributed by atoms with E-state index >= 15 is 0 Å². The molecule has 0 atom stereocenters. The fraction of sp³-hybridized carbons (Fsp3) is 0.189. The van der Waals surface area contributed by atoms with E-state index in [4.69, 9.17) is 14.4 Å². The number of hydrogen-bond donors (Lipinski definition) is 0. The summed E-state index contributed by atoms with van der Waals surface area (Å²) in [6.07, 6.45) is 3.83. The average Bonchev–Trinajstić information content (AvgIpc) is 3.57. The first-order valence-electron chi connectivity index (χ1n) is 19.6. The molecule has 5 aromatic carbocycles. The molecular formula is C53H47IrN3O-2. The summed E-state index contributed by atoms with van der Waals surface area (Å²) in [7, 11) is 0. The second-order valence-corrected chi connectivity index (χ2v) is 16.4. The van der Waals surface area contributed by atoms with Crippen LogP contribution in [0.1, 0.15) is 59.7 Å². The second-order valence-electron chi connectivity index (χ2n) is 16.4. The molecule has 0 aliphatic carbocycles. The van der Waals surface area contributed by atoms with Crippen molar-refractivity contribution in [2.45, 2.75) is 67.7 Å². The van der Waals surface area contributed by atoms with Crippen LogP contribution in [0, 0.1) is 53.7 Å². The van der Waals surface area contributed by atoms with Gasteiger partial charge in [-0.25, -0.2) is 4.98 Å². The van der Waals surface area contributed by atoms with E-state index in [1.165, 1.54) is 44.5 Å². The van der Waals surface area contributed by atoms with Crippen molar-refractivity contribution in [3.05, 3.63) is 173 Å². The van der Waals surface area contributed by atoms with Gasteiger partial charge in [0.2, 0.25) is 0 Å². The molecule has 0 aliphatic rings. The van der Waals surface area contributed by atoms with Crippen LogP contribution in [0.25, 0.3) is 77.7 Å². The van der Waals surface area contributed by atoms with E-state index in [0.29, 0.717) is 0 Å². The van der Waals surface area contributed by atoms with E-state index in [-0.39, 0.29) is 25.5 Å². The van der Waals surface area contributed by atoms with Gasteiger partial charge < -0.3 is 14.4 Å². The molecule has 4 aromatic heterocycles. The number of rotatable bonds is 4. The molecule has 0 fully saturated rings. The minimum atomic E-state index is 0. The van der Waals surface area contributed by atoms with Gasteiger partial charge in [0.1, 0.15) is 5.58 Å². The summed E-state index contributed by atoms with van der Waals surface area (Å²) in [5.74, 6) is 0. The Morgan fingerprint density at radius 2 is 1.29 bits per heavy atom. The number of fused-ring (bicyclic) bond motifs is 4. The Morgan fingerprint density at radius 1 is 0.586 bits per heavy atom. The van der Waals surface area contributed by atoms with Gasteiger partial charge in [0.25, 0.3) is 0 Å². The number of furan rings is 1. The third-order valence-electron chi connectivity index (χ3n) is 10.8. The summed E-state index contributed by atoms with van der Waals surface area (Å²) < 4.78 is 6.30. The predicted molar refractivity (Wildman–Crippen MR) is 238 cm³/mol. The molecule has 0 bridgehead atoms. The minimum Gasteiger partial charge on any atom is -0.501 e. The molecule has 291 valence electrons. The van der Waals surface area contributed by atoms with Gasteiger partial charge in [0.05, 0.1) is 16.8 Å². The molecule has 4 nitrogen and oxygen atoms in total. The summed E-state index contributed by atoms with van der Waals surface area (Å²) in [5.41, 5.74) is 19.7. The number of hydrogen-bond acceptors (Lipinski definition) is 4. The zero-order valence-corrected chi connectivity index (χ0v) is 37.0. The number of pyridine rings is 3. The van der Waals surface area contributed by atoms with Crippen LogP contribution in [0.2, 0.25) is 0 Å².